The maximum Gasteiger partial charge on any atom is 0.330 e. The molecule has 1 fully saturated rings. The zero-order chi connectivity index (χ0) is 16.5. The quantitative estimate of drug-likeness (QED) is 0.598. The third-order valence-corrected chi connectivity index (χ3v) is 3.31. The molecular formula is C13H14F2N2O5. The standard InChI is InChI=1S/C13H14F2N2O5/c1-7(18)9-10(20)13(15,4-2-5-14)11(22-9)17-6-3-8(19)16-12(17)21/h3,6-7,9-11,18,20H,5H2,1H3,(H,16,19,21)/t7-,9+,10-,11+,13?/m0/s1. The minimum absolute atomic E-state index is 0.680. The maximum atomic E-state index is 15.1. The van der Waals surface area contributed by atoms with Crippen molar-refractivity contribution in [2.45, 2.75) is 37.1 Å². The molecule has 1 aliphatic rings. The molecule has 0 bridgehead atoms. The lowest BCUT2D eigenvalue weighted by molar-refractivity contribution is -0.0803. The highest BCUT2D eigenvalue weighted by molar-refractivity contribution is 5.23. The number of aliphatic hydroxyl groups is 2. The van der Waals surface area contributed by atoms with E-state index in [2.05, 4.69) is 0 Å². The van der Waals surface area contributed by atoms with Gasteiger partial charge in [0.05, 0.1) is 6.10 Å². The third kappa shape index (κ3) is 2.68. The molecule has 1 aliphatic heterocycles. The third-order valence-electron chi connectivity index (χ3n) is 3.31. The Morgan fingerprint density at radius 3 is 2.82 bits per heavy atom. The lowest BCUT2D eigenvalue weighted by Gasteiger charge is -2.24. The first-order chi connectivity index (χ1) is 10.3. The number of ether oxygens (including phenoxy) is 1. The van der Waals surface area contributed by atoms with Crippen molar-refractivity contribution in [3.8, 4) is 11.8 Å². The van der Waals surface area contributed by atoms with E-state index >= 15 is 4.39 Å². The molecule has 2 rings (SSSR count). The van der Waals surface area contributed by atoms with E-state index in [0.717, 1.165) is 12.3 Å². The number of aliphatic hydroxyl groups excluding tert-OH is 2. The van der Waals surface area contributed by atoms with E-state index in [-0.39, 0.29) is 0 Å². The molecule has 1 unspecified atom stereocenters. The van der Waals surface area contributed by atoms with E-state index in [1.54, 1.807) is 0 Å². The number of aromatic nitrogens is 2. The Kier molecular flexibility index (Phi) is 4.46. The summed E-state index contributed by atoms with van der Waals surface area (Å²) in [6, 6.07) is 0.954. The molecule has 9 heteroatoms. The van der Waals surface area contributed by atoms with Crippen LogP contribution in [0.25, 0.3) is 0 Å². The number of halogens is 2. The fraction of sp³-hybridized carbons (Fsp3) is 0.538. The topological polar surface area (TPSA) is 105 Å². The Balaban J connectivity index is 2.55. The summed E-state index contributed by atoms with van der Waals surface area (Å²) in [4.78, 5) is 24.7. The van der Waals surface area contributed by atoms with Crippen molar-refractivity contribution < 1.29 is 23.7 Å². The molecule has 0 aromatic carbocycles. The van der Waals surface area contributed by atoms with Crippen LogP contribution in [0.3, 0.4) is 0 Å². The molecule has 0 saturated carbocycles. The molecule has 0 aliphatic carbocycles. The summed E-state index contributed by atoms with van der Waals surface area (Å²) < 4.78 is 33.2. The molecule has 7 nitrogen and oxygen atoms in total. The van der Waals surface area contributed by atoms with Crippen LogP contribution in [0.5, 0.6) is 0 Å². The smallest absolute Gasteiger partial charge is 0.330 e. The molecule has 120 valence electrons. The second-order valence-corrected chi connectivity index (χ2v) is 4.86. The number of alkyl halides is 2. The van der Waals surface area contributed by atoms with Gasteiger partial charge in [-0.3, -0.25) is 14.3 Å². The van der Waals surface area contributed by atoms with Gasteiger partial charge in [-0.2, -0.15) is 0 Å². The highest BCUT2D eigenvalue weighted by Gasteiger charge is 2.59. The minimum atomic E-state index is -2.82. The first-order valence-electron chi connectivity index (χ1n) is 6.39. The van der Waals surface area contributed by atoms with Crippen LogP contribution < -0.4 is 11.2 Å². The lowest BCUT2D eigenvalue weighted by Crippen LogP contribution is -2.46. The number of nitrogens with zero attached hydrogens (tertiary/aromatic N) is 1. The summed E-state index contributed by atoms with van der Waals surface area (Å²) in [6.07, 6.45) is -5.32. The monoisotopic (exact) mass is 316 g/mol. The van der Waals surface area contributed by atoms with Crippen LogP contribution in [0, 0.1) is 11.8 Å². The number of nitrogens with one attached hydrogen (secondary N) is 1. The Morgan fingerprint density at radius 1 is 1.59 bits per heavy atom. The Labute approximate surface area is 123 Å². The average Bonchev–Trinajstić information content (AvgIpc) is 2.70. The van der Waals surface area contributed by atoms with Gasteiger partial charge in [-0.25, -0.2) is 13.6 Å². The molecule has 1 aromatic rings. The number of aromatic amines is 1. The number of hydrogen-bond acceptors (Lipinski definition) is 5. The van der Waals surface area contributed by atoms with E-state index in [1.807, 2.05) is 16.8 Å². The highest BCUT2D eigenvalue weighted by atomic mass is 19.1. The van der Waals surface area contributed by atoms with Gasteiger partial charge in [0.25, 0.3) is 5.56 Å². The molecule has 0 spiro atoms. The van der Waals surface area contributed by atoms with Gasteiger partial charge in [0.1, 0.15) is 18.9 Å². The molecule has 0 radical (unpaired) electrons. The first kappa shape index (κ1) is 16.4. The van der Waals surface area contributed by atoms with Gasteiger partial charge in [0.2, 0.25) is 5.67 Å². The molecule has 1 saturated heterocycles. The summed E-state index contributed by atoms with van der Waals surface area (Å²) >= 11 is 0. The van der Waals surface area contributed by atoms with Crippen molar-refractivity contribution in [3.05, 3.63) is 33.1 Å². The predicted molar refractivity (Wildman–Crippen MR) is 70.5 cm³/mol. The van der Waals surface area contributed by atoms with Gasteiger partial charge >= 0.3 is 5.69 Å². The van der Waals surface area contributed by atoms with E-state index in [1.165, 1.54) is 6.92 Å². The zero-order valence-corrected chi connectivity index (χ0v) is 11.5. The van der Waals surface area contributed by atoms with E-state index in [9.17, 15) is 24.2 Å². The average molecular weight is 316 g/mol. The van der Waals surface area contributed by atoms with E-state index in [4.69, 9.17) is 4.74 Å². The van der Waals surface area contributed by atoms with Gasteiger partial charge in [-0.15, -0.1) is 0 Å². The number of H-pyrrole nitrogens is 1. The van der Waals surface area contributed by atoms with Gasteiger partial charge in [0.15, 0.2) is 6.23 Å². The second kappa shape index (κ2) is 6.00. The summed E-state index contributed by atoms with van der Waals surface area (Å²) in [5, 5.41) is 19.5. The fourth-order valence-corrected chi connectivity index (χ4v) is 2.27. The predicted octanol–water partition coefficient (Wildman–Crippen LogP) is -1.14. The van der Waals surface area contributed by atoms with Crippen molar-refractivity contribution in [2.75, 3.05) is 6.67 Å². The Hall–Kier alpha value is -2.02. The second-order valence-electron chi connectivity index (χ2n) is 4.86. The fourth-order valence-electron chi connectivity index (χ4n) is 2.27. The molecule has 1 aromatic heterocycles. The van der Waals surface area contributed by atoms with Gasteiger partial charge in [-0.1, -0.05) is 11.8 Å². The Morgan fingerprint density at radius 2 is 2.27 bits per heavy atom. The normalized spacial score (nSPS) is 32.3. The van der Waals surface area contributed by atoms with Crippen LogP contribution in [0.15, 0.2) is 21.9 Å². The SMILES string of the molecule is C[C@H](O)[C@H]1O[C@@H](n2ccc(=O)[nH]c2=O)C(F)(C#CCF)[C@H]1O. The van der Waals surface area contributed by atoms with Crippen molar-refractivity contribution in [3.63, 3.8) is 0 Å². The van der Waals surface area contributed by atoms with Gasteiger partial charge < -0.3 is 14.9 Å². The van der Waals surface area contributed by atoms with Crippen molar-refractivity contribution in [1.82, 2.24) is 9.55 Å². The van der Waals surface area contributed by atoms with Crippen molar-refractivity contribution in [2.24, 2.45) is 0 Å². The van der Waals surface area contributed by atoms with Crippen LogP contribution in [-0.4, -0.2) is 50.4 Å². The summed E-state index contributed by atoms with van der Waals surface area (Å²) in [7, 11) is 0. The van der Waals surface area contributed by atoms with Crippen LogP contribution in [0.2, 0.25) is 0 Å². The van der Waals surface area contributed by atoms with Crippen molar-refractivity contribution in [1.29, 1.82) is 0 Å². The van der Waals surface area contributed by atoms with Crippen molar-refractivity contribution >= 4 is 0 Å². The largest absolute Gasteiger partial charge is 0.391 e. The molecule has 3 N–H and O–H groups in total. The number of hydrogen-bond donors (Lipinski definition) is 3. The molecule has 5 atom stereocenters. The summed E-state index contributed by atoms with van der Waals surface area (Å²) in [6.45, 7) is 0.0971. The van der Waals surface area contributed by atoms with Crippen LogP contribution in [0.1, 0.15) is 13.2 Å². The van der Waals surface area contributed by atoms with Gasteiger partial charge in [-0.05, 0) is 6.92 Å². The molecule has 22 heavy (non-hydrogen) atoms. The highest BCUT2D eigenvalue weighted by Crippen LogP contribution is 2.41. The zero-order valence-electron chi connectivity index (χ0n) is 11.5. The summed E-state index contributed by atoms with van der Waals surface area (Å²) in [5.41, 5.74) is -4.51. The molecule has 0 amide bonds. The van der Waals surface area contributed by atoms with Gasteiger partial charge in [0, 0.05) is 12.3 Å². The maximum absolute atomic E-state index is 15.1. The van der Waals surface area contributed by atoms with E-state index in [0.29, 0.717) is 4.57 Å². The van der Waals surface area contributed by atoms with Crippen LogP contribution >= 0.6 is 0 Å². The van der Waals surface area contributed by atoms with Crippen LogP contribution in [-0.2, 0) is 4.74 Å². The lowest BCUT2D eigenvalue weighted by atomic mass is 9.94. The molecule has 2 heterocycles. The number of rotatable bonds is 2. The van der Waals surface area contributed by atoms with Crippen LogP contribution in [0.4, 0.5) is 8.78 Å². The van der Waals surface area contributed by atoms with E-state index < -0.39 is 48.1 Å². The summed E-state index contributed by atoms with van der Waals surface area (Å²) in [5.74, 6) is 3.75. The molecular weight excluding hydrogens is 302 g/mol. The minimum Gasteiger partial charge on any atom is -0.391 e. The Bertz CT molecular complexity index is 719. The first-order valence-corrected chi connectivity index (χ1v) is 6.39.